The minimum atomic E-state index is -4.59. The van der Waals surface area contributed by atoms with Crippen molar-refractivity contribution >= 4 is 17.5 Å². The Kier molecular flexibility index (Phi) is 5.35. The van der Waals surface area contributed by atoms with Crippen molar-refractivity contribution in [2.75, 3.05) is 5.32 Å². The van der Waals surface area contributed by atoms with Gasteiger partial charge in [-0.1, -0.05) is 6.07 Å². The Morgan fingerprint density at radius 2 is 1.56 bits per heavy atom. The first kappa shape index (κ1) is 18.4. The molecule has 0 saturated carbocycles. The highest BCUT2D eigenvalue weighted by Gasteiger charge is 2.30. The second-order valence-electron chi connectivity index (χ2n) is 4.99. The molecular weight excluding hydrogens is 347 g/mol. The minimum absolute atomic E-state index is 0.0812. The maximum atomic E-state index is 13.0. The number of rotatable bonds is 3. The summed E-state index contributed by atoms with van der Waals surface area (Å²) in [6.07, 6.45) is -4.59. The Morgan fingerprint density at radius 3 is 2.16 bits per heavy atom. The van der Waals surface area contributed by atoms with Crippen molar-refractivity contribution in [3.8, 4) is 0 Å². The molecular formula is C16H11F5N2O2. The van der Waals surface area contributed by atoms with Gasteiger partial charge in [0.15, 0.2) is 0 Å². The molecule has 0 aliphatic heterocycles. The molecule has 0 spiro atoms. The topological polar surface area (TPSA) is 58.2 Å². The quantitative estimate of drug-likeness (QED) is 0.654. The standard InChI is InChI=1S/C16H11F5N2O2/c17-11-4-9(5-12(18)7-11)8-22-14(24)15(25)23-13-3-1-2-10(6-13)16(19,20)21/h1-7H,8H2,(H,22,24)(H,23,25). The van der Waals surface area contributed by atoms with Crippen LogP contribution in [0.5, 0.6) is 0 Å². The molecule has 0 heterocycles. The number of carbonyl (C=O) groups is 2. The highest BCUT2D eigenvalue weighted by atomic mass is 19.4. The first-order valence-corrected chi connectivity index (χ1v) is 6.86. The van der Waals surface area contributed by atoms with Gasteiger partial charge in [0.25, 0.3) is 0 Å². The van der Waals surface area contributed by atoms with E-state index >= 15 is 0 Å². The van der Waals surface area contributed by atoms with Crippen LogP contribution in [-0.4, -0.2) is 11.8 Å². The van der Waals surface area contributed by atoms with E-state index in [0.29, 0.717) is 12.1 Å². The van der Waals surface area contributed by atoms with E-state index in [1.54, 1.807) is 0 Å². The Bertz CT molecular complexity index is 785. The third kappa shape index (κ3) is 5.27. The van der Waals surface area contributed by atoms with Crippen LogP contribution in [-0.2, 0) is 22.3 Å². The molecule has 0 saturated heterocycles. The summed E-state index contributed by atoms with van der Waals surface area (Å²) in [5, 5.41) is 4.13. The highest BCUT2D eigenvalue weighted by molar-refractivity contribution is 6.39. The summed E-state index contributed by atoms with van der Waals surface area (Å²) in [6, 6.07) is 6.32. The normalized spacial score (nSPS) is 11.1. The van der Waals surface area contributed by atoms with Crippen molar-refractivity contribution in [1.29, 1.82) is 0 Å². The number of anilines is 1. The monoisotopic (exact) mass is 358 g/mol. The lowest BCUT2D eigenvalue weighted by atomic mass is 10.2. The molecule has 0 atom stereocenters. The fourth-order valence-electron chi connectivity index (χ4n) is 1.94. The predicted octanol–water partition coefficient (Wildman–Crippen LogP) is 3.24. The first-order chi connectivity index (χ1) is 11.6. The molecule has 2 amide bonds. The van der Waals surface area contributed by atoms with Crippen molar-refractivity contribution in [1.82, 2.24) is 5.32 Å². The molecule has 25 heavy (non-hydrogen) atoms. The molecule has 2 rings (SSSR count). The SMILES string of the molecule is O=C(NCc1cc(F)cc(F)c1)C(=O)Nc1cccc(C(F)(F)F)c1. The van der Waals surface area contributed by atoms with Crippen LogP contribution in [0.15, 0.2) is 42.5 Å². The van der Waals surface area contributed by atoms with Crippen molar-refractivity contribution in [3.63, 3.8) is 0 Å². The van der Waals surface area contributed by atoms with Crippen molar-refractivity contribution < 1.29 is 31.5 Å². The molecule has 0 aliphatic rings. The Labute approximate surface area is 138 Å². The van der Waals surface area contributed by atoms with Gasteiger partial charge >= 0.3 is 18.0 Å². The average Bonchev–Trinajstić information content (AvgIpc) is 2.51. The Balaban J connectivity index is 1.97. The third-order valence-corrected chi connectivity index (χ3v) is 3.03. The molecule has 132 valence electrons. The van der Waals surface area contributed by atoms with Crippen LogP contribution < -0.4 is 10.6 Å². The summed E-state index contributed by atoms with van der Waals surface area (Å²) in [6.45, 7) is -0.330. The smallest absolute Gasteiger partial charge is 0.344 e. The van der Waals surface area contributed by atoms with E-state index < -0.39 is 35.2 Å². The second-order valence-corrected chi connectivity index (χ2v) is 4.99. The summed E-state index contributed by atoms with van der Waals surface area (Å²) >= 11 is 0. The van der Waals surface area contributed by atoms with Crippen molar-refractivity contribution in [2.45, 2.75) is 12.7 Å². The number of carbonyl (C=O) groups excluding carboxylic acids is 2. The number of hydrogen-bond donors (Lipinski definition) is 2. The van der Waals surface area contributed by atoms with Gasteiger partial charge in [0.1, 0.15) is 11.6 Å². The molecule has 2 aromatic carbocycles. The fourth-order valence-corrected chi connectivity index (χ4v) is 1.94. The molecule has 0 bridgehead atoms. The van der Waals surface area contributed by atoms with Crippen LogP contribution in [0.3, 0.4) is 0 Å². The molecule has 9 heteroatoms. The van der Waals surface area contributed by atoms with E-state index in [0.717, 1.165) is 24.3 Å². The van der Waals surface area contributed by atoms with Crippen molar-refractivity contribution in [3.05, 3.63) is 65.2 Å². The molecule has 0 unspecified atom stereocenters. The van der Waals surface area contributed by atoms with Gasteiger partial charge in [-0.25, -0.2) is 8.78 Å². The summed E-state index contributed by atoms with van der Waals surface area (Å²) in [4.78, 5) is 23.3. The molecule has 0 radical (unpaired) electrons. The molecule has 2 aromatic rings. The lowest BCUT2D eigenvalue weighted by Gasteiger charge is -2.10. The van der Waals surface area contributed by atoms with Crippen LogP contribution in [0.2, 0.25) is 0 Å². The highest BCUT2D eigenvalue weighted by Crippen LogP contribution is 2.30. The molecule has 4 nitrogen and oxygen atoms in total. The summed E-state index contributed by atoms with van der Waals surface area (Å²) in [5.74, 6) is -4.08. The van der Waals surface area contributed by atoms with Crippen molar-refractivity contribution in [2.24, 2.45) is 0 Å². The predicted molar refractivity (Wildman–Crippen MR) is 78.3 cm³/mol. The van der Waals surface area contributed by atoms with Gasteiger partial charge in [0.2, 0.25) is 0 Å². The zero-order chi connectivity index (χ0) is 18.6. The van der Waals surface area contributed by atoms with Gasteiger partial charge in [-0.05, 0) is 35.9 Å². The van der Waals surface area contributed by atoms with Gasteiger partial charge in [-0.2, -0.15) is 13.2 Å². The van der Waals surface area contributed by atoms with Gasteiger partial charge in [-0.15, -0.1) is 0 Å². The maximum Gasteiger partial charge on any atom is 0.416 e. The number of amides is 2. The van der Waals surface area contributed by atoms with E-state index in [4.69, 9.17) is 0 Å². The Morgan fingerprint density at radius 1 is 0.920 bits per heavy atom. The largest absolute Gasteiger partial charge is 0.416 e. The number of halogens is 5. The van der Waals surface area contributed by atoms with E-state index in [1.165, 1.54) is 6.07 Å². The summed E-state index contributed by atoms with van der Waals surface area (Å²) in [7, 11) is 0. The number of nitrogens with one attached hydrogen (secondary N) is 2. The molecule has 0 fully saturated rings. The number of benzene rings is 2. The minimum Gasteiger partial charge on any atom is -0.344 e. The maximum absolute atomic E-state index is 13.0. The fraction of sp³-hybridized carbons (Fsp3) is 0.125. The van der Waals surface area contributed by atoms with Gasteiger partial charge in [-0.3, -0.25) is 9.59 Å². The lowest BCUT2D eigenvalue weighted by Crippen LogP contribution is -2.35. The molecule has 0 aromatic heterocycles. The summed E-state index contributed by atoms with van der Waals surface area (Å²) < 4.78 is 63.8. The van der Waals surface area contributed by atoms with Crippen LogP contribution in [0, 0.1) is 11.6 Å². The van der Waals surface area contributed by atoms with E-state index in [2.05, 4.69) is 5.32 Å². The number of hydrogen-bond acceptors (Lipinski definition) is 2. The number of alkyl halides is 3. The van der Waals surface area contributed by atoms with Crippen LogP contribution in [0.1, 0.15) is 11.1 Å². The van der Waals surface area contributed by atoms with E-state index in [-0.39, 0.29) is 17.8 Å². The molecule has 0 aliphatic carbocycles. The zero-order valence-electron chi connectivity index (χ0n) is 12.5. The summed E-state index contributed by atoms with van der Waals surface area (Å²) in [5.41, 5.74) is -1.12. The van der Waals surface area contributed by atoms with Crippen LogP contribution in [0.25, 0.3) is 0 Å². The first-order valence-electron chi connectivity index (χ1n) is 6.86. The zero-order valence-corrected chi connectivity index (χ0v) is 12.5. The Hall–Kier alpha value is -2.97. The second kappa shape index (κ2) is 7.29. The van der Waals surface area contributed by atoms with E-state index in [9.17, 15) is 31.5 Å². The third-order valence-electron chi connectivity index (χ3n) is 3.03. The van der Waals surface area contributed by atoms with Crippen LogP contribution >= 0.6 is 0 Å². The van der Waals surface area contributed by atoms with Gasteiger partial charge < -0.3 is 10.6 Å². The van der Waals surface area contributed by atoms with E-state index in [1.807, 2.05) is 5.32 Å². The molecule has 2 N–H and O–H groups in total. The lowest BCUT2D eigenvalue weighted by molar-refractivity contribution is -0.137. The van der Waals surface area contributed by atoms with Gasteiger partial charge in [0, 0.05) is 18.3 Å². The average molecular weight is 358 g/mol. The van der Waals surface area contributed by atoms with Gasteiger partial charge in [0.05, 0.1) is 5.56 Å². The van der Waals surface area contributed by atoms with Crippen LogP contribution in [0.4, 0.5) is 27.6 Å².